The van der Waals surface area contributed by atoms with Gasteiger partial charge in [-0.05, 0) is 85.4 Å². The predicted octanol–water partition coefficient (Wildman–Crippen LogP) is 8.25. The van der Waals surface area contributed by atoms with Gasteiger partial charge in [0.1, 0.15) is 0 Å². The third-order valence-electron chi connectivity index (χ3n) is 5.64. The van der Waals surface area contributed by atoms with Crippen molar-refractivity contribution in [1.29, 1.82) is 0 Å². The average molecular weight is 404 g/mol. The molecule has 0 saturated heterocycles. The van der Waals surface area contributed by atoms with Crippen LogP contribution in [0.4, 0.5) is 11.4 Å². The monoisotopic (exact) mass is 403 g/mol. The summed E-state index contributed by atoms with van der Waals surface area (Å²) in [6, 6.07) is 32.5. The Bertz CT molecular complexity index is 1220. The molecule has 0 radical (unpaired) electrons. The van der Waals surface area contributed by atoms with Crippen LogP contribution in [-0.2, 0) is 0 Å². The molecule has 0 aliphatic rings. The van der Waals surface area contributed by atoms with Crippen molar-refractivity contribution in [2.75, 3.05) is 5.32 Å². The van der Waals surface area contributed by atoms with Gasteiger partial charge in [-0.2, -0.15) is 0 Å². The van der Waals surface area contributed by atoms with Crippen LogP contribution < -0.4 is 5.32 Å². The first-order chi connectivity index (χ1) is 15.0. The van der Waals surface area contributed by atoms with Crippen molar-refractivity contribution in [3.05, 3.63) is 130 Å². The highest BCUT2D eigenvalue weighted by Crippen LogP contribution is 2.30. The summed E-state index contributed by atoms with van der Waals surface area (Å²) < 4.78 is 0. The molecule has 4 rings (SSSR count). The molecule has 0 saturated carbocycles. The van der Waals surface area contributed by atoms with Crippen LogP contribution in [0.2, 0.25) is 0 Å². The normalized spacial score (nSPS) is 11.4. The van der Waals surface area contributed by atoms with Gasteiger partial charge in [0.2, 0.25) is 0 Å². The van der Waals surface area contributed by atoms with E-state index in [4.69, 9.17) is 0 Å². The van der Waals surface area contributed by atoms with Gasteiger partial charge in [-0.3, -0.25) is 0 Å². The van der Waals surface area contributed by atoms with Crippen molar-refractivity contribution < 1.29 is 0 Å². The minimum Gasteiger partial charge on any atom is -0.355 e. The van der Waals surface area contributed by atoms with E-state index in [-0.39, 0.29) is 0 Å². The Morgan fingerprint density at radius 3 is 1.94 bits per heavy atom. The lowest BCUT2D eigenvalue weighted by Gasteiger charge is -2.13. The van der Waals surface area contributed by atoms with E-state index in [1.54, 1.807) is 0 Å². The second-order valence-corrected chi connectivity index (χ2v) is 8.31. The number of benzene rings is 4. The summed E-state index contributed by atoms with van der Waals surface area (Å²) in [5.41, 5.74) is 12.3. The van der Waals surface area contributed by atoms with E-state index < -0.39 is 0 Å². The number of rotatable bonds is 5. The first-order valence-electron chi connectivity index (χ1n) is 10.8. The fourth-order valence-electron chi connectivity index (χ4n) is 3.99. The first kappa shape index (κ1) is 20.7. The summed E-state index contributed by atoms with van der Waals surface area (Å²) in [6.45, 7) is 8.60. The minimum absolute atomic E-state index is 1.09. The van der Waals surface area contributed by atoms with Crippen LogP contribution in [-0.4, -0.2) is 0 Å². The Morgan fingerprint density at radius 2 is 1.29 bits per heavy atom. The van der Waals surface area contributed by atoms with Crippen LogP contribution in [0.5, 0.6) is 0 Å². The van der Waals surface area contributed by atoms with Gasteiger partial charge >= 0.3 is 0 Å². The maximum absolute atomic E-state index is 3.54. The summed E-state index contributed by atoms with van der Waals surface area (Å²) >= 11 is 0. The van der Waals surface area contributed by atoms with Crippen molar-refractivity contribution in [2.45, 2.75) is 27.7 Å². The lowest BCUT2D eigenvalue weighted by Crippen LogP contribution is -1.94. The zero-order valence-electron chi connectivity index (χ0n) is 18.7. The summed E-state index contributed by atoms with van der Waals surface area (Å²) in [5, 5.41) is 3.54. The van der Waals surface area contributed by atoms with Crippen LogP contribution in [0.15, 0.2) is 91.0 Å². The molecule has 0 unspecified atom stereocenters. The van der Waals surface area contributed by atoms with E-state index in [9.17, 15) is 0 Å². The van der Waals surface area contributed by atoms with Crippen molar-refractivity contribution in [3.8, 4) is 0 Å². The van der Waals surface area contributed by atoms with Gasteiger partial charge in [-0.1, -0.05) is 83.9 Å². The van der Waals surface area contributed by atoms with E-state index >= 15 is 0 Å². The van der Waals surface area contributed by atoms with E-state index in [1.807, 2.05) is 0 Å². The standard InChI is InChI=1S/C30H29N/c1-21-10-16-28(23(3)18-21)29(26-8-6-5-7-9-26)20-25-12-14-27(15-13-25)31-30-17-11-22(2)19-24(30)4/h5-20,31H,1-4H3/b29-20+. The molecule has 154 valence electrons. The first-order valence-corrected chi connectivity index (χ1v) is 10.8. The molecule has 0 aliphatic carbocycles. The van der Waals surface area contributed by atoms with Crippen LogP contribution in [0, 0.1) is 27.7 Å². The lowest BCUT2D eigenvalue weighted by atomic mass is 9.92. The van der Waals surface area contributed by atoms with Gasteiger partial charge in [-0.15, -0.1) is 0 Å². The van der Waals surface area contributed by atoms with Gasteiger partial charge in [0.25, 0.3) is 0 Å². The SMILES string of the molecule is Cc1ccc(Nc2ccc(/C=C(\c3ccccc3)c3ccc(C)cc3C)cc2)c(C)c1. The molecule has 0 heterocycles. The minimum atomic E-state index is 1.09. The molecule has 1 heteroatoms. The van der Waals surface area contributed by atoms with Gasteiger partial charge in [0.15, 0.2) is 0 Å². The molecule has 0 spiro atoms. The summed E-state index contributed by atoms with van der Waals surface area (Å²) in [6.07, 6.45) is 2.29. The Kier molecular flexibility index (Phi) is 6.04. The predicted molar refractivity (Wildman–Crippen MR) is 135 cm³/mol. The second-order valence-electron chi connectivity index (χ2n) is 8.31. The van der Waals surface area contributed by atoms with Gasteiger partial charge in [0.05, 0.1) is 0 Å². The zero-order valence-corrected chi connectivity index (χ0v) is 18.7. The van der Waals surface area contributed by atoms with E-state index in [2.05, 4.69) is 130 Å². The van der Waals surface area contributed by atoms with Crippen LogP contribution in [0.3, 0.4) is 0 Å². The van der Waals surface area contributed by atoms with Gasteiger partial charge < -0.3 is 5.32 Å². The molecule has 1 N–H and O–H groups in total. The van der Waals surface area contributed by atoms with Crippen LogP contribution in [0.1, 0.15) is 38.9 Å². The summed E-state index contributed by atoms with van der Waals surface area (Å²) in [7, 11) is 0. The highest BCUT2D eigenvalue weighted by molar-refractivity contribution is 5.92. The molecule has 1 nitrogen and oxygen atoms in total. The fraction of sp³-hybridized carbons (Fsp3) is 0.133. The molecule has 0 atom stereocenters. The highest BCUT2D eigenvalue weighted by atomic mass is 14.9. The van der Waals surface area contributed by atoms with Crippen molar-refractivity contribution >= 4 is 23.0 Å². The topological polar surface area (TPSA) is 12.0 Å². The van der Waals surface area contributed by atoms with Crippen molar-refractivity contribution in [1.82, 2.24) is 0 Å². The molecule has 4 aromatic carbocycles. The summed E-state index contributed by atoms with van der Waals surface area (Å²) in [5.74, 6) is 0. The highest BCUT2D eigenvalue weighted by Gasteiger charge is 2.09. The molecular weight excluding hydrogens is 374 g/mol. The van der Waals surface area contributed by atoms with Crippen LogP contribution >= 0.6 is 0 Å². The van der Waals surface area contributed by atoms with Gasteiger partial charge in [0, 0.05) is 11.4 Å². The molecule has 0 bridgehead atoms. The number of aryl methyl sites for hydroxylation is 4. The third kappa shape index (κ3) is 4.95. The number of anilines is 2. The summed E-state index contributed by atoms with van der Waals surface area (Å²) in [4.78, 5) is 0. The smallest absolute Gasteiger partial charge is 0.0414 e. The van der Waals surface area contributed by atoms with E-state index in [0.717, 1.165) is 11.4 Å². The van der Waals surface area contributed by atoms with Gasteiger partial charge in [-0.25, -0.2) is 0 Å². The van der Waals surface area contributed by atoms with Crippen molar-refractivity contribution in [3.63, 3.8) is 0 Å². The Morgan fingerprint density at radius 1 is 0.645 bits per heavy atom. The number of hydrogen-bond acceptors (Lipinski definition) is 1. The molecule has 31 heavy (non-hydrogen) atoms. The Labute approximate surface area is 186 Å². The molecule has 0 fully saturated rings. The molecule has 0 aliphatic heterocycles. The quantitative estimate of drug-likeness (QED) is 0.331. The molecule has 0 amide bonds. The Hall–Kier alpha value is -3.58. The number of nitrogens with one attached hydrogen (secondary N) is 1. The average Bonchev–Trinajstić information content (AvgIpc) is 2.76. The van der Waals surface area contributed by atoms with Crippen molar-refractivity contribution in [2.24, 2.45) is 0 Å². The fourth-order valence-corrected chi connectivity index (χ4v) is 3.99. The maximum atomic E-state index is 3.54. The molecule has 0 aromatic heterocycles. The Balaban J connectivity index is 1.67. The third-order valence-corrected chi connectivity index (χ3v) is 5.64. The largest absolute Gasteiger partial charge is 0.355 e. The van der Waals surface area contributed by atoms with E-state index in [0.29, 0.717) is 0 Å². The zero-order chi connectivity index (χ0) is 21.8. The second kappa shape index (κ2) is 9.06. The lowest BCUT2D eigenvalue weighted by molar-refractivity contribution is 1.35. The van der Waals surface area contributed by atoms with Crippen LogP contribution in [0.25, 0.3) is 11.6 Å². The molecule has 4 aromatic rings. The molecular formula is C30H29N. The van der Waals surface area contributed by atoms with E-state index in [1.165, 1.54) is 44.5 Å². The maximum Gasteiger partial charge on any atom is 0.0414 e. The number of hydrogen-bond donors (Lipinski definition) is 1.